The fourth-order valence-electron chi connectivity index (χ4n) is 10.2. The summed E-state index contributed by atoms with van der Waals surface area (Å²) in [5, 5.41) is 7.10. The summed E-state index contributed by atoms with van der Waals surface area (Å²) in [5.74, 6) is 2.46. The van der Waals surface area contributed by atoms with Gasteiger partial charge in [0.1, 0.15) is 28.4 Å². The monoisotopic (exact) mass is 766 g/mol. The van der Waals surface area contributed by atoms with E-state index in [1.165, 1.54) is 32.6 Å². The smallest absolute Gasteiger partial charge is 0.434 e. The average Bonchev–Trinajstić information content (AvgIpc) is 3.96. The number of nitrogens with zero attached hydrogens (tertiary/aromatic N) is 2. The molecule has 0 amide bonds. The van der Waals surface area contributed by atoms with Crippen molar-refractivity contribution < 1.29 is 13.8 Å². The van der Waals surface area contributed by atoms with Crippen molar-refractivity contribution in [2.45, 2.75) is 0 Å². The van der Waals surface area contributed by atoms with E-state index in [0.717, 1.165) is 94.8 Å². The van der Waals surface area contributed by atoms with Crippen LogP contribution in [0.4, 0.5) is 0 Å². The molecule has 0 saturated carbocycles. The van der Waals surface area contributed by atoms with Crippen LogP contribution >= 0.6 is 0 Å². The highest BCUT2D eigenvalue weighted by Gasteiger charge is 2.41. The zero-order valence-corrected chi connectivity index (χ0v) is 32.1. The molecule has 14 rings (SSSR count). The number of furan rings is 1. The van der Waals surface area contributed by atoms with Crippen molar-refractivity contribution in [3.05, 3.63) is 188 Å². The Hall–Kier alpha value is -7.96. The minimum atomic E-state index is -0.325. The Labute approximate surface area is 344 Å². The molecule has 0 fully saturated rings. The zero-order chi connectivity index (χ0) is 39.1. The van der Waals surface area contributed by atoms with Gasteiger partial charge in [0.25, 0.3) is 0 Å². The minimum Gasteiger partial charge on any atom is -0.551 e. The second-order valence-electron chi connectivity index (χ2n) is 16.0. The Morgan fingerprint density at radius 2 is 1.03 bits per heavy atom. The summed E-state index contributed by atoms with van der Waals surface area (Å²) < 4.78 is 25.0. The molecule has 0 aliphatic carbocycles. The van der Waals surface area contributed by atoms with Gasteiger partial charge in [0, 0.05) is 60.6 Å². The van der Waals surface area contributed by atoms with Crippen LogP contribution in [0.3, 0.4) is 0 Å². The normalized spacial score (nSPS) is 12.9. The Kier molecular flexibility index (Phi) is 6.31. The van der Waals surface area contributed by atoms with Gasteiger partial charge in [-0.1, -0.05) is 115 Å². The first-order chi connectivity index (χ1) is 29.7. The van der Waals surface area contributed by atoms with E-state index < -0.39 is 0 Å². The molecular weight excluding hydrogens is 735 g/mol. The van der Waals surface area contributed by atoms with E-state index in [1.54, 1.807) is 0 Å². The van der Waals surface area contributed by atoms with Crippen molar-refractivity contribution in [1.82, 2.24) is 9.13 Å². The van der Waals surface area contributed by atoms with Gasteiger partial charge in [0.05, 0.1) is 27.8 Å². The van der Waals surface area contributed by atoms with Gasteiger partial charge in [-0.25, -0.2) is 0 Å². The van der Waals surface area contributed by atoms with E-state index in [9.17, 15) is 0 Å². The SMILES string of the molecule is c1ccc2c(c1)Oc1cc(-n3c4ccccc4c4cc(-n5c6ccccc6c6ccccc65)ccc43)cc3c1B2Oc1cc(-c2cccc4oc5ccccc5c24)ccc1-3. The second kappa shape index (κ2) is 11.8. The van der Waals surface area contributed by atoms with Crippen LogP contribution in [0.15, 0.2) is 192 Å². The van der Waals surface area contributed by atoms with Crippen molar-refractivity contribution in [2.24, 2.45) is 0 Å². The van der Waals surface area contributed by atoms with Crippen LogP contribution < -0.4 is 20.3 Å². The molecule has 0 N–H and O–H groups in total. The predicted octanol–water partition coefficient (Wildman–Crippen LogP) is 12.7. The van der Waals surface area contributed by atoms with Gasteiger partial charge in [-0.2, -0.15) is 0 Å². The standard InChI is InChI=1S/C54H31BN2O3/c1-6-18-44-36(12-1)37-13-2-7-19-45(37)56(44)33-25-27-47-41(29-33)38-14-3-8-20-46(38)57(47)34-30-42-39-26-24-32(35-16-11-23-50-53(35)40-15-4-9-21-48(40)58-50)28-51(39)60-55-43-17-5-10-22-49(43)59-52(31-34)54(42)55/h1-31H. The number of aromatic nitrogens is 2. The fourth-order valence-corrected chi connectivity index (χ4v) is 10.2. The van der Waals surface area contributed by atoms with Gasteiger partial charge >= 0.3 is 6.92 Å². The molecule has 5 nitrogen and oxygen atoms in total. The van der Waals surface area contributed by atoms with Crippen LogP contribution in [0.25, 0.3) is 99.2 Å². The summed E-state index contributed by atoms with van der Waals surface area (Å²) in [6, 6.07) is 67.0. The summed E-state index contributed by atoms with van der Waals surface area (Å²) in [6.45, 7) is -0.325. The van der Waals surface area contributed by atoms with Crippen LogP contribution in [0.1, 0.15) is 0 Å². The summed E-state index contributed by atoms with van der Waals surface area (Å²) >= 11 is 0. The molecule has 60 heavy (non-hydrogen) atoms. The van der Waals surface area contributed by atoms with Gasteiger partial charge in [0.2, 0.25) is 0 Å². The van der Waals surface area contributed by atoms with Crippen molar-refractivity contribution >= 4 is 83.4 Å². The first kappa shape index (κ1) is 32.1. The third kappa shape index (κ3) is 4.31. The predicted molar refractivity (Wildman–Crippen MR) is 245 cm³/mol. The first-order valence-electron chi connectivity index (χ1n) is 20.4. The maximum atomic E-state index is 7.08. The van der Waals surface area contributed by atoms with Crippen molar-refractivity contribution in [3.63, 3.8) is 0 Å². The molecule has 0 radical (unpaired) electrons. The maximum Gasteiger partial charge on any atom is 0.434 e. The van der Waals surface area contributed by atoms with Crippen molar-refractivity contribution in [3.8, 4) is 50.9 Å². The van der Waals surface area contributed by atoms with Gasteiger partial charge in [-0.3, -0.25) is 0 Å². The Bertz CT molecular complexity index is 3760. The lowest BCUT2D eigenvalue weighted by Crippen LogP contribution is -2.53. The lowest BCUT2D eigenvalue weighted by atomic mass is 9.51. The zero-order valence-electron chi connectivity index (χ0n) is 32.1. The number of ether oxygens (including phenoxy) is 1. The van der Waals surface area contributed by atoms with Crippen LogP contribution in [0, 0.1) is 0 Å². The Morgan fingerprint density at radius 1 is 0.383 bits per heavy atom. The second-order valence-corrected chi connectivity index (χ2v) is 16.0. The largest absolute Gasteiger partial charge is 0.551 e. The summed E-state index contributed by atoms with van der Waals surface area (Å²) in [4.78, 5) is 0. The van der Waals surface area contributed by atoms with E-state index in [0.29, 0.717) is 0 Å². The van der Waals surface area contributed by atoms with E-state index in [2.05, 4.69) is 167 Å². The van der Waals surface area contributed by atoms with Crippen LogP contribution in [0.2, 0.25) is 0 Å². The van der Waals surface area contributed by atoms with Crippen LogP contribution in [0.5, 0.6) is 17.2 Å². The number of para-hydroxylation sites is 5. The maximum absolute atomic E-state index is 7.08. The van der Waals surface area contributed by atoms with Crippen molar-refractivity contribution in [2.75, 3.05) is 0 Å². The fraction of sp³-hybridized carbons (Fsp3) is 0. The topological polar surface area (TPSA) is 41.5 Å². The molecule has 2 aliphatic rings. The summed E-state index contributed by atoms with van der Waals surface area (Å²) in [7, 11) is 0. The van der Waals surface area contributed by atoms with E-state index in [1.807, 2.05) is 30.3 Å². The van der Waals surface area contributed by atoms with Crippen LogP contribution in [-0.2, 0) is 0 Å². The van der Waals surface area contributed by atoms with Crippen LogP contribution in [-0.4, -0.2) is 16.0 Å². The highest BCUT2D eigenvalue weighted by Crippen LogP contribution is 2.45. The van der Waals surface area contributed by atoms with Gasteiger partial charge in [-0.05, 0) is 83.4 Å². The molecule has 0 atom stereocenters. The quantitative estimate of drug-likeness (QED) is 0.168. The third-order valence-corrected chi connectivity index (χ3v) is 12.8. The first-order valence-corrected chi connectivity index (χ1v) is 20.4. The summed E-state index contributed by atoms with van der Waals surface area (Å²) in [6.07, 6.45) is 0. The Balaban J connectivity index is 0.989. The average molecular weight is 767 g/mol. The number of hydrogen-bond donors (Lipinski definition) is 0. The molecule has 3 aromatic heterocycles. The summed E-state index contributed by atoms with van der Waals surface area (Å²) in [5.41, 5.74) is 15.0. The molecule has 0 bridgehead atoms. The molecular formula is C54H31BN2O3. The minimum absolute atomic E-state index is 0.325. The van der Waals surface area contributed by atoms with Gasteiger partial charge < -0.3 is 22.9 Å². The lowest BCUT2D eigenvalue weighted by molar-refractivity contribution is 0.479. The molecule has 0 spiro atoms. The van der Waals surface area contributed by atoms with Crippen molar-refractivity contribution in [1.29, 1.82) is 0 Å². The molecule has 12 aromatic rings. The molecule has 6 heteroatoms. The number of benzene rings is 9. The molecule has 278 valence electrons. The molecule has 9 aromatic carbocycles. The molecule has 0 unspecified atom stereocenters. The molecule has 2 aliphatic heterocycles. The Morgan fingerprint density at radius 3 is 1.83 bits per heavy atom. The number of hydrogen-bond acceptors (Lipinski definition) is 3. The van der Waals surface area contributed by atoms with Gasteiger partial charge in [-0.15, -0.1) is 0 Å². The van der Waals surface area contributed by atoms with E-state index in [-0.39, 0.29) is 6.92 Å². The number of fused-ring (bicyclic) bond motifs is 13. The van der Waals surface area contributed by atoms with E-state index >= 15 is 0 Å². The highest BCUT2D eigenvalue weighted by atomic mass is 16.5. The molecule has 0 saturated heterocycles. The molecule has 5 heterocycles. The lowest BCUT2D eigenvalue weighted by Gasteiger charge is -2.33. The van der Waals surface area contributed by atoms with Gasteiger partial charge in [0.15, 0.2) is 0 Å². The van der Waals surface area contributed by atoms with E-state index in [4.69, 9.17) is 13.8 Å². The number of rotatable bonds is 3. The third-order valence-electron chi connectivity index (χ3n) is 12.8. The highest BCUT2D eigenvalue weighted by molar-refractivity contribution is 6.84.